The second-order valence-electron chi connectivity index (χ2n) is 2.59. The van der Waals surface area contributed by atoms with Crippen LogP contribution in [0.2, 0.25) is 0 Å². The number of ether oxygens (including phenoxy) is 1. The van der Waals surface area contributed by atoms with E-state index in [-0.39, 0.29) is 0 Å². The van der Waals surface area contributed by atoms with Crippen molar-refractivity contribution in [2.24, 2.45) is 5.73 Å². The van der Waals surface area contributed by atoms with Crippen LogP contribution in [0, 0.1) is 6.92 Å². The smallest absolute Gasteiger partial charge is 0.0944 e. The third-order valence-electron chi connectivity index (χ3n) is 1.57. The predicted octanol–water partition coefficient (Wildman–Crippen LogP) is 1.10. The minimum atomic E-state index is 0.661. The largest absolute Gasteiger partial charge is 0.379 e. The van der Waals surface area contributed by atoms with Gasteiger partial charge < -0.3 is 10.5 Å². The first kappa shape index (κ1) is 9.64. The molecule has 1 heterocycles. The van der Waals surface area contributed by atoms with Crippen molar-refractivity contribution in [3.8, 4) is 0 Å². The molecule has 12 heavy (non-hydrogen) atoms. The Morgan fingerprint density at radius 2 is 2.33 bits per heavy atom. The summed E-state index contributed by atoms with van der Waals surface area (Å²) >= 11 is 1.69. The van der Waals surface area contributed by atoms with Gasteiger partial charge in [0.1, 0.15) is 0 Å². The van der Waals surface area contributed by atoms with E-state index in [0.29, 0.717) is 13.2 Å². The number of hydrogen-bond acceptors (Lipinski definition) is 4. The van der Waals surface area contributed by atoms with Gasteiger partial charge in [-0.05, 0) is 13.5 Å². The van der Waals surface area contributed by atoms with Crippen molar-refractivity contribution in [3.63, 3.8) is 0 Å². The Morgan fingerprint density at radius 1 is 1.58 bits per heavy atom. The van der Waals surface area contributed by atoms with Crippen molar-refractivity contribution in [1.29, 1.82) is 0 Å². The third kappa shape index (κ3) is 2.27. The van der Waals surface area contributed by atoms with Gasteiger partial charge in [-0.1, -0.05) is 0 Å². The molecule has 68 valence electrons. The van der Waals surface area contributed by atoms with E-state index in [1.54, 1.807) is 18.4 Å². The highest BCUT2D eigenvalue weighted by Gasteiger charge is 2.05. The number of hydrogen-bond donors (Lipinski definition) is 1. The maximum atomic E-state index is 5.43. The average Bonchev–Trinajstić information content (AvgIpc) is 2.34. The standard InChI is InChI=1S/C8H14N2OS/c1-6-7(5-11-2)12-8(10-6)3-4-9/h3-5,9H2,1-2H3. The average molecular weight is 186 g/mol. The van der Waals surface area contributed by atoms with Crippen molar-refractivity contribution in [2.45, 2.75) is 20.0 Å². The number of thiazole rings is 1. The molecule has 0 amide bonds. The van der Waals surface area contributed by atoms with E-state index < -0.39 is 0 Å². The maximum Gasteiger partial charge on any atom is 0.0944 e. The zero-order chi connectivity index (χ0) is 8.97. The lowest BCUT2D eigenvalue weighted by atomic mass is 10.4. The molecule has 1 rings (SSSR count). The SMILES string of the molecule is COCc1sc(CCN)nc1C. The van der Waals surface area contributed by atoms with E-state index in [2.05, 4.69) is 4.98 Å². The molecule has 1 aromatic heterocycles. The highest BCUT2D eigenvalue weighted by molar-refractivity contribution is 7.11. The Balaban J connectivity index is 2.70. The summed E-state index contributed by atoms with van der Waals surface area (Å²) in [7, 11) is 1.70. The van der Waals surface area contributed by atoms with Crippen LogP contribution < -0.4 is 5.73 Å². The van der Waals surface area contributed by atoms with E-state index in [0.717, 1.165) is 17.1 Å². The molecule has 3 nitrogen and oxygen atoms in total. The molecule has 4 heteroatoms. The van der Waals surface area contributed by atoms with Gasteiger partial charge in [-0.3, -0.25) is 0 Å². The van der Waals surface area contributed by atoms with Gasteiger partial charge in [-0.25, -0.2) is 4.98 Å². The summed E-state index contributed by atoms with van der Waals surface area (Å²) in [6, 6.07) is 0. The lowest BCUT2D eigenvalue weighted by molar-refractivity contribution is 0.187. The minimum absolute atomic E-state index is 0.661. The van der Waals surface area contributed by atoms with Crippen LogP contribution in [0.3, 0.4) is 0 Å². The first-order valence-electron chi connectivity index (χ1n) is 3.92. The van der Waals surface area contributed by atoms with Crippen LogP contribution in [0.4, 0.5) is 0 Å². The Bertz CT molecular complexity index is 247. The number of nitrogens with two attached hydrogens (primary N) is 1. The molecule has 0 saturated carbocycles. The molecule has 0 bridgehead atoms. The molecule has 0 aliphatic heterocycles. The van der Waals surface area contributed by atoms with E-state index in [9.17, 15) is 0 Å². The summed E-state index contributed by atoms with van der Waals surface area (Å²) in [4.78, 5) is 5.59. The lowest BCUT2D eigenvalue weighted by Crippen LogP contribution is -2.01. The molecule has 0 unspecified atom stereocenters. The highest BCUT2D eigenvalue weighted by Crippen LogP contribution is 2.18. The Labute approximate surface area is 76.6 Å². The van der Waals surface area contributed by atoms with Crippen molar-refractivity contribution >= 4 is 11.3 Å². The normalized spacial score (nSPS) is 10.6. The fourth-order valence-corrected chi connectivity index (χ4v) is 2.04. The number of methoxy groups -OCH3 is 1. The topological polar surface area (TPSA) is 48.1 Å². The summed E-state index contributed by atoms with van der Waals surface area (Å²) in [5, 5.41) is 1.11. The fourth-order valence-electron chi connectivity index (χ4n) is 0.984. The van der Waals surface area contributed by atoms with Crippen LogP contribution in [-0.4, -0.2) is 18.6 Å². The molecule has 2 N–H and O–H groups in total. The zero-order valence-corrected chi connectivity index (χ0v) is 8.28. The monoisotopic (exact) mass is 186 g/mol. The zero-order valence-electron chi connectivity index (χ0n) is 7.46. The van der Waals surface area contributed by atoms with Crippen LogP contribution in [-0.2, 0) is 17.8 Å². The van der Waals surface area contributed by atoms with Gasteiger partial charge in [0.25, 0.3) is 0 Å². The van der Waals surface area contributed by atoms with E-state index in [1.807, 2.05) is 6.92 Å². The molecule has 0 aromatic carbocycles. The Kier molecular flexibility index (Phi) is 3.65. The van der Waals surface area contributed by atoms with Gasteiger partial charge in [0, 0.05) is 13.5 Å². The van der Waals surface area contributed by atoms with Crippen LogP contribution in [0.15, 0.2) is 0 Å². The van der Waals surface area contributed by atoms with Crippen LogP contribution in [0.5, 0.6) is 0 Å². The molecule has 0 aliphatic carbocycles. The number of nitrogens with zero attached hydrogens (tertiary/aromatic N) is 1. The van der Waals surface area contributed by atoms with E-state index in [4.69, 9.17) is 10.5 Å². The first-order chi connectivity index (χ1) is 5.77. The fraction of sp³-hybridized carbons (Fsp3) is 0.625. The molecular formula is C8H14N2OS. The molecule has 0 spiro atoms. The Hall–Kier alpha value is -0.450. The lowest BCUT2D eigenvalue weighted by Gasteiger charge is -1.92. The summed E-state index contributed by atoms with van der Waals surface area (Å²) < 4.78 is 5.04. The summed E-state index contributed by atoms with van der Waals surface area (Å²) in [6.07, 6.45) is 0.870. The van der Waals surface area contributed by atoms with Crippen LogP contribution in [0.25, 0.3) is 0 Å². The van der Waals surface area contributed by atoms with Gasteiger partial charge >= 0.3 is 0 Å². The van der Waals surface area contributed by atoms with Crippen molar-refractivity contribution < 1.29 is 4.74 Å². The van der Waals surface area contributed by atoms with Crippen molar-refractivity contribution in [2.75, 3.05) is 13.7 Å². The molecular weight excluding hydrogens is 172 g/mol. The highest BCUT2D eigenvalue weighted by atomic mass is 32.1. The van der Waals surface area contributed by atoms with E-state index in [1.165, 1.54) is 4.88 Å². The van der Waals surface area contributed by atoms with Gasteiger partial charge in [0.2, 0.25) is 0 Å². The molecule has 1 aromatic rings. The number of rotatable bonds is 4. The summed E-state index contributed by atoms with van der Waals surface area (Å²) in [5.74, 6) is 0. The van der Waals surface area contributed by atoms with Gasteiger partial charge in [0.15, 0.2) is 0 Å². The minimum Gasteiger partial charge on any atom is -0.379 e. The Morgan fingerprint density at radius 3 is 2.92 bits per heavy atom. The molecule has 0 fully saturated rings. The van der Waals surface area contributed by atoms with Gasteiger partial charge in [-0.2, -0.15) is 0 Å². The van der Waals surface area contributed by atoms with Crippen molar-refractivity contribution in [3.05, 3.63) is 15.6 Å². The summed E-state index contributed by atoms with van der Waals surface area (Å²) in [5.41, 5.74) is 6.50. The number of aryl methyl sites for hydroxylation is 1. The first-order valence-corrected chi connectivity index (χ1v) is 4.73. The quantitative estimate of drug-likeness (QED) is 0.766. The second-order valence-corrected chi connectivity index (χ2v) is 3.76. The molecule has 0 radical (unpaired) electrons. The van der Waals surface area contributed by atoms with Gasteiger partial charge in [-0.15, -0.1) is 11.3 Å². The molecule has 0 aliphatic rings. The summed E-state index contributed by atoms with van der Waals surface area (Å²) in [6.45, 7) is 3.33. The third-order valence-corrected chi connectivity index (χ3v) is 2.76. The second kappa shape index (κ2) is 4.54. The van der Waals surface area contributed by atoms with Gasteiger partial charge in [0.05, 0.1) is 22.2 Å². The van der Waals surface area contributed by atoms with Crippen molar-refractivity contribution in [1.82, 2.24) is 4.98 Å². The maximum absolute atomic E-state index is 5.43. The van der Waals surface area contributed by atoms with E-state index >= 15 is 0 Å². The van der Waals surface area contributed by atoms with Crippen LogP contribution in [0.1, 0.15) is 15.6 Å². The molecule has 0 saturated heterocycles. The number of aromatic nitrogens is 1. The van der Waals surface area contributed by atoms with Crippen LogP contribution >= 0.6 is 11.3 Å². The molecule has 0 atom stereocenters. The predicted molar refractivity (Wildman–Crippen MR) is 50.3 cm³/mol.